The Morgan fingerprint density at radius 3 is 2.39 bits per heavy atom. The monoisotopic (exact) mass is 488 g/mol. The normalized spacial score (nSPS) is 12.1. The van der Waals surface area contributed by atoms with Crippen LogP contribution in [0.3, 0.4) is 0 Å². The topological polar surface area (TPSA) is 75.7 Å². The zero-order valence-corrected chi connectivity index (χ0v) is 20.2. The number of nitrogens with zero attached hydrogens (tertiary/aromatic N) is 1. The Morgan fingerprint density at radius 2 is 1.82 bits per heavy atom. The lowest BCUT2D eigenvalue weighted by Gasteiger charge is -2.20. The molecule has 0 saturated heterocycles. The standard InChI is InChI=1S/C24H25FN2O4S2/c1-4-27(5-2)33(29,30)19-12-13-22(31-3)21(16-19)26-24(28)20(23-7-6-14-32-23)15-17-8-10-18(25)11-9-17/h6-16H,4-5H2,1-3H3,(H,26,28)/b20-15+. The Morgan fingerprint density at radius 1 is 1.12 bits per heavy atom. The molecule has 1 amide bonds. The summed E-state index contributed by atoms with van der Waals surface area (Å²) < 4.78 is 45.9. The molecule has 0 spiro atoms. The number of ether oxygens (including phenoxy) is 1. The maximum atomic E-state index is 13.3. The molecule has 0 radical (unpaired) electrons. The first-order valence-corrected chi connectivity index (χ1v) is 12.6. The highest BCUT2D eigenvalue weighted by Gasteiger charge is 2.24. The lowest BCUT2D eigenvalue weighted by molar-refractivity contribution is -0.111. The molecule has 0 saturated carbocycles. The lowest BCUT2D eigenvalue weighted by atomic mass is 10.1. The van der Waals surface area contributed by atoms with Gasteiger partial charge in [0, 0.05) is 18.0 Å². The van der Waals surface area contributed by atoms with Gasteiger partial charge < -0.3 is 10.1 Å². The van der Waals surface area contributed by atoms with Crippen molar-refractivity contribution in [2.75, 3.05) is 25.5 Å². The molecule has 0 fully saturated rings. The Hall–Kier alpha value is -3.01. The SMILES string of the molecule is CCN(CC)S(=O)(=O)c1ccc(OC)c(NC(=O)/C(=C/c2ccc(F)cc2)c2cccs2)c1. The molecule has 0 unspecified atom stereocenters. The molecular weight excluding hydrogens is 463 g/mol. The first-order valence-electron chi connectivity index (χ1n) is 10.3. The van der Waals surface area contributed by atoms with Crippen molar-refractivity contribution >= 4 is 44.6 Å². The predicted molar refractivity (Wildman–Crippen MR) is 130 cm³/mol. The molecule has 0 aliphatic heterocycles. The van der Waals surface area contributed by atoms with E-state index in [1.807, 2.05) is 11.4 Å². The summed E-state index contributed by atoms with van der Waals surface area (Å²) in [6.07, 6.45) is 1.66. The molecule has 0 aliphatic rings. The first-order chi connectivity index (χ1) is 15.8. The van der Waals surface area contributed by atoms with Crippen LogP contribution in [0.5, 0.6) is 5.75 Å². The number of benzene rings is 2. The number of carbonyl (C=O) groups excluding carboxylic acids is 1. The average Bonchev–Trinajstić information content (AvgIpc) is 3.33. The summed E-state index contributed by atoms with van der Waals surface area (Å²) in [6.45, 7) is 4.19. The molecule has 1 heterocycles. The van der Waals surface area contributed by atoms with Gasteiger partial charge in [0.2, 0.25) is 10.0 Å². The van der Waals surface area contributed by atoms with Gasteiger partial charge in [-0.25, -0.2) is 12.8 Å². The summed E-state index contributed by atoms with van der Waals surface area (Å²) in [4.78, 5) is 14.1. The van der Waals surface area contributed by atoms with Crippen molar-refractivity contribution in [2.45, 2.75) is 18.7 Å². The Bertz CT molecular complexity index is 1230. The molecule has 1 aromatic heterocycles. The number of hydrogen-bond donors (Lipinski definition) is 1. The van der Waals surface area contributed by atoms with Crippen molar-refractivity contribution in [3.63, 3.8) is 0 Å². The largest absolute Gasteiger partial charge is 0.495 e. The maximum absolute atomic E-state index is 13.3. The number of amides is 1. The molecule has 0 aliphatic carbocycles. The van der Waals surface area contributed by atoms with Crippen LogP contribution in [-0.2, 0) is 14.8 Å². The zero-order valence-electron chi connectivity index (χ0n) is 18.5. The van der Waals surface area contributed by atoms with Crippen LogP contribution in [0.4, 0.5) is 10.1 Å². The summed E-state index contributed by atoms with van der Waals surface area (Å²) in [5.41, 5.74) is 1.24. The third kappa shape index (κ3) is 5.68. The van der Waals surface area contributed by atoms with E-state index in [9.17, 15) is 17.6 Å². The summed E-state index contributed by atoms with van der Waals surface area (Å²) in [5.74, 6) is -0.489. The highest BCUT2D eigenvalue weighted by molar-refractivity contribution is 7.89. The minimum absolute atomic E-state index is 0.0579. The molecule has 3 rings (SSSR count). The van der Waals surface area contributed by atoms with Crippen molar-refractivity contribution in [1.29, 1.82) is 0 Å². The number of carbonyl (C=O) groups is 1. The van der Waals surface area contributed by atoms with Gasteiger partial charge in [-0.3, -0.25) is 4.79 Å². The second kappa shape index (κ2) is 10.7. The fraction of sp³-hybridized carbons (Fsp3) is 0.208. The first kappa shape index (κ1) is 24.6. The van der Waals surface area contributed by atoms with Crippen molar-refractivity contribution in [1.82, 2.24) is 4.31 Å². The minimum atomic E-state index is -3.72. The predicted octanol–water partition coefficient (Wildman–Crippen LogP) is 5.11. The van der Waals surface area contributed by atoms with Crippen molar-refractivity contribution in [3.05, 3.63) is 76.2 Å². The number of sulfonamides is 1. The molecule has 2 aromatic carbocycles. The van der Waals surface area contributed by atoms with Gasteiger partial charge in [0.25, 0.3) is 5.91 Å². The van der Waals surface area contributed by atoms with Crippen LogP contribution in [0.2, 0.25) is 0 Å². The quantitative estimate of drug-likeness (QED) is 0.425. The lowest BCUT2D eigenvalue weighted by Crippen LogP contribution is -2.30. The Balaban J connectivity index is 2.01. The summed E-state index contributed by atoms with van der Waals surface area (Å²) in [7, 11) is -2.28. The van der Waals surface area contributed by atoms with Crippen LogP contribution in [-0.4, -0.2) is 38.8 Å². The number of anilines is 1. The molecule has 9 heteroatoms. The number of hydrogen-bond acceptors (Lipinski definition) is 5. The number of methoxy groups -OCH3 is 1. The maximum Gasteiger partial charge on any atom is 0.257 e. The average molecular weight is 489 g/mol. The fourth-order valence-electron chi connectivity index (χ4n) is 3.25. The minimum Gasteiger partial charge on any atom is -0.495 e. The smallest absolute Gasteiger partial charge is 0.257 e. The molecule has 1 N–H and O–H groups in total. The van der Waals surface area contributed by atoms with Gasteiger partial charge in [0.15, 0.2) is 0 Å². The zero-order chi connectivity index (χ0) is 24.0. The second-order valence-electron chi connectivity index (χ2n) is 6.99. The van der Waals surface area contributed by atoms with E-state index in [1.165, 1.54) is 53.1 Å². The van der Waals surface area contributed by atoms with Crippen molar-refractivity contribution < 1.29 is 22.3 Å². The Kier molecular flexibility index (Phi) is 8.01. The third-order valence-electron chi connectivity index (χ3n) is 4.97. The van der Waals surface area contributed by atoms with Gasteiger partial charge in [-0.15, -0.1) is 11.3 Å². The molecule has 174 valence electrons. The highest BCUT2D eigenvalue weighted by Crippen LogP contribution is 2.31. The summed E-state index contributed by atoms with van der Waals surface area (Å²) in [5, 5.41) is 4.63. The fourth-order valence-corrected chi connectivity index (χ4v) is 5.48. The van der Waals surface area contributed by atoms with Crippen LogP contribution in [0.25, 0.3) is 11.6 Å². The van der Waals surface area contributed by atoms with Gasteiger partial charge in [-0.05, 0) is 53.4 Å². The van der Waals surface area contributed by atoms with Gasteiger partial charge in [0.1, 0.15) is 11.6 Å². The van der Waals surface area contributed by atoms with E-state index in [4.69, 9.17) is 4.74 Å². The van der Waals surface area contributed by atoms with E-state index < -0.39 is 15.9 Å². The Labute approximate surface area is 197 Å². The van der Waals surface area contributed by atoms with Crippen LogP contribution in [0.15, 0.2) is 64.9 Å². The summed E-state index contributed by atoms with van der Waals surface area (Å²) in [6, 6.07) is 13.8. The molecule has 0 atom stereocenters. The van der Waals surface area contributed by atoms with Crippen molar-refractivity contribution in [3.8, 4) is 5.75 Å². The van der Waals surface area contributed by atoms with Crippen LogP contribution in [0, 0.1) is 5.82 Å². The third-order valence-corrected chi connectivity index (χ3v) is 7.92. The van der Waals surface area contributed by atoms with E-state index in [-0.39, 0.29) is 16.4 Å². The number of nitrogens with one attached hydrogen (secondary N) is 1. The van der Waals surface area contributed by atoms with Crippen LogP contribution < -0.4 is 10.1 Å². The van der Waals surface area contributed by atoms with Gasteiger partial charge in [0.05, 0.1) is 23.3 Å². The number of rotatable bonds is 9. The van der Waals surface area contributed by atoms with Crippen molar-refractivity contribution in [2.24, 2.45) is 0 Å². The van der Waals surface area contributed by atoms with E-state index in [1.54, 1.807) is 38.1 Å². The van der Waals surface area contributed by atoms with E-state index in [2.05, 4.69) is 5.32 Å². The van der Waals surface area contributed by atoms with Gasteiger partial charge in [-0.2, -0.15) is 4.31 Å². The molecule has 0 bridgehead atoms. The van der Waals surface area contributed by atoms with E-state index >= 15 is 0 Å². The van der Waals surface area contributed by atoms with E-state index in [0.29, 0.717) is 34.9 Å². The summed E-state index contributed by atoms with van der Waals surface area (Å²) >= 11 is 1.38. The molecular formula is C24H25FN2O4S2. The molecule has 6 nitrogen and oxygen atoms in total. The van der Waals surface area contributed by atoms with E-state index in [0.717, 1.165) is 0 Å². The molecule has 33 heavy (non-hydrogen) atoms. The van der Waals surface area contributed by atoms with Crippen LogP contribution in [0.1, 0.15) is 24.3 Å². The second-order valence-corrected chi connectivity index (χ2v) is 9.88. The number of halogens is 1. The van der Waals surface area contributed by atoms with Gasteiger partial charge in [-0.1, -0.05) is 32.0 Å². The van der Waals surface area contributed by atoms with Gasteiger partial charge >= 0.3 is 0 Å². The highest BCUT2D eigenvalue weighted by atomic mass is 32.2. The molecule has 3 aromatic rings. The van der Waals surface area contributed by atoms with Crippen LogP contribution >= 0.6 is 11.3 Å². The number of thiophene rings is 1.